The number of esters is 1. The van der Waals surface area contributed by atoms with Gasteiger partial charge in [0.05, 0.1) is 17.9 Å². The summed E-state index contributed by atoms with van der Waals surface area (Å²) in [7, 11) is 0. The lowest BCUT2D eigenvalue weighted by molar-refractivity contribution is -0.132. The van der Waals surface area contributed by atoms with E-state index in [0.29, 0.717) is 16.1 Å². The molecule has 1 fully saturated rings. The van der Waals surface area contributed by atoms with Crippen molar-refractivity contribution in [2.75, 3.05) is 11.5 Å². The molecule has 7 nitrogen and oxygen atoms in total. The van der Waals surface area contributed by atoms with Crippen LogP contribution in [0.15, 0.2) is 47.4 Å². The molecule has 164 valence electrons. The highest BCUT2D eigenvalue weighted by molar-refractivity contribution is 7.18. The van der Waals surface area contributed by atoms with E-state index in [1.165, 1.54) is 16.2 Å². The molecule has 9 heteroatoms. The van der Waals surface area contributed by atoms with Gasteiger partial charge in [-0.25, -0.2) is 9.78 Å². The summed E-state index contributed by atoms with van der Waals surface area (Å²) in [5.74, 6) is -2.38. The molecule has 0 bridgehead atoms. The molecule has 1 aromatic carbocycles. The zero-order valence-corrected chi connectivity index (χ0v) is 19.3. The zero-order chi connectivity index (χ0) is 23.0. The summed E-state index contributed by atoms with van der Waals surface area (Å²) >= 11 is 2.35. The Hall–Kier alpha value is -3.30. The fourth-order valence-corrected chi connectivity index (χ4v) is 5.30. The summed E-state index contributed by atoms with van der Waals surface area (Å²) in [5.41, 5.74) is 1.85. The standard InChI is InChI=1S/C23H20N2O5S2/c1-4-30-22(29)20-13(3)24-23(32-20)25-17(15-6-5-11-31-15)16(19(27)21(25)28)18(26)14-9-7-12(2)8-10-14/h5-11,17,26H,4H2,1-3H3/t17-/m1/s1. The maximum Gasteiger partial charge on any atom is 0.350 e. The lowest BCUT2D eigenvalue weighted by atomic mass is 9.99. The van der Waals surface area contributed by atoms with Crippen LogP contribution in [0, 0.1) is 13.8 Å². The molecule has 3 aromatic rings. The van der Waals surface area contributed by atoms with E-state index in [1.807, 2.05) is 30.5 Å². The topological polar surface area (TPSA) is 96.8 Å². The normalized spacial score (nSPS) is 17.7. The van der Waals surface area contributed by atoms with Crippen molar-refractivity contribution in [3.63, 3.8) is 0 Å². The van der Waals surface area contributed by atoms with Gasteiger partial charge in [0.15, 0.2) is 5.13 Å². The summed E-state index contributed by atoms with van der Waals surface area (Å²) in [6.07, 6.45) is 0. The molecule has 0 unspecified atom stereocenters. The molecule has 1 atom stereocenters. The van der Waals surface area contributed by atoms with Crippen LogP contribution in [0.25, 0.3) is 5.76 Å². The summed E-state index contributed by atoms with van der Waals surface area (Å²) in [6.45, 7) is 5.48. The van der Waals surface area contributed by atoms with Gasteiger partial charge in [0.25, 0.3) is 5.78 Å². The van der Waals surface area contributed by atoms with Crippen molar-refractivity contribution >= 4 is 51.2 Å². The largest absolute Gasteiger partial charge is 0.507 e. The first-order chi connectivity index (χ1) is 15.3. The first kappa shape index (κ1) is 21.9. The smallest absolute Gasteiger partial charge is 0.350 e. The number of nitrogens with zero attached hydrogens (tertiary/aromatic N) is 2. The number of anilines is 1. The highest BCUT2D eigenvalue weighted by Gasteiger charge is 2.48. The van der Waals surface area contributed by atoms with Crippen molar-refractivity contribution in [1.82, 2.24) is 4.98 Å². The number of aliphatic hydroxyl groups is 1. The Morgan fingerprint density at radius 1 is 1.19 bits per heavy atom. The molecule has 1 N–H and O–H groups in total. The monoisotopic (exact) mass is 468 g/mol. The molecular weight excluding hydrogens is 448 g/mol. The van der Waals surface area contributed by atoms with Crippen LogP contribution in [0.5, 0.6) is 0 Å². The van der Waals surface area contributed by atoms with Crippen molar-refractivity contribution in [2.24, 2.45) is 0 Å². The summed E-state index contributed by atoms with van der Waals surface area (Å²) in [4.78, 5) is 45.1. The fraction of sp³-hybridized carbons (Fsp3) is 0.217. The number of aromatic nitrogens is 1. The molecule has 1 saturated heterocycles. The zero-order valence-electron chi connectivity index (χ0n) is 17.6. The average Bonchev–Trinajstić information content (AvgIpc) is 3.48. The van der Waals surface area contributed by atoms with Gasteiger partial charge >= 0.3 is 11.9 Å². The quantitative estimate of drug-likeness (QED) is 0.254. The molecule has 2 aromatic heterocycles. The number of aliphatic hydroxyl groups excluding tert-OH is 1. The van der Waals surface area contributed by atoms with Crippen LogP contribution in [0.1, 0.15) is 44.3 Å². The minimum Gasteiger partial charge on any atom is -0.507 e. The molecule has 0 radical (unpaired) electrons. The van der Waals surface area contributed by atoms with Gasteiger partial charge < -0.3 is 9.84 Å². The Labute approximate surface area is 192 Å². The fourth-order valence-electron chi connectivity index (χ4n) is 3.48. The van der Waals surface area contributed by atoms with Gasteiger partial charge in [0.2, 0.25) is 0 Å². The summed E-state index contributed by atoms with van der Waals surface area (Å²) in [6, 6.07) is 9.80. The third kappa shape index (κ3) is 3.74. The number of ketones is 1. The summed E-state index contributed by atoms with van der Waals surface area (Å²) < 4.78 is 5.07. The van der Waals surface area contributed by atoms with E-state index >= 15 is 0 Å². The average molecular weight is 469 g/mol. The Kier molecular flexibility index (Phi) is 5.94. The molecule has 0 aliphatic carbocycles. The maximum atomic E-state index is 13.1. The number of thiazole rings is 1. The highest BCUT2D eigenvalue weighted by atomic mass is 32.1. The van der Waals surface area contributed by atoms with Crippen molar-refractivity contribution in [1.29, 1.82) is 0 Å². The van der Waals surface area contributed by atoms with Crippen molar-refractivity contribution in [3.05, 3.63) is 73.9 Å². The molecule has 1 aliphatic heterocycles. The number of aryl methyl sites for hydroxylation is 2. The number of hydrogen-bond donors (Lipinski definition) is 1. The highest BCUT2D eigenvalue weighted by Crippen LogP contribution is 2.45. The predicted octanol–water partition coefficient (Wildman–Crippen LogP) is 4.62. The number of rotatable bonds is 5. The molecule has 0 saturated carbocycles. The molecule has 3 heterocycles. The van der Waals surface area contributed by atoms with Gasteiger partial charge in [-0.3, -0.25) is 14.5 Å². The van der Waals surface area contributed by atoms with Gasteiger partial charge in [-0.1, -0.05) is 47.2 Å². The van der Waals surface area contributed by atoms with Crippen LogP contribution < -0.4 is 4.90 Å². The van der Waals surface area contributed by atoms with Crippen LogP contribution in [0.2, 0.25) is 0 Å². The molecule has 0 spiro atoms. The Bertz CT molecular complexity index is 1230. The van der Waals surface area contributed by atoms with E-state index in [-0.39, 0.29) is 27.9 Å². The Balaban J connectivity index is 1.87. The molecule has 1 aliphatic rings. The Morgan fingerprint density at radius 2 is 1.91 bits per heavy atom. The van der Waals surface area contributed by atoms with Crippen molar-refractivity contribution < 1.29 is 24.2 Å². The molecule has 4 rings (SSSR count). The maximum absolute atomic E-state index is 13.1. The number of thiophene rings is 1. The number of Topliss-reactive ketones (excluding diaryl/α,β-unsaturated/α-hetero) is 1. The van der Waals surface area contributed by atoms with Gasteiger partial charge in [-0.15, -0.1) is 11.3 Å². The van der Waals surface area contributed by atoms with Gasteiger partial charge in [0, 0.05) is 10.4 Å². The number of carbonyl (C=O) groups is 3. The summed E-state index contributed by atoms with van der Waals surface area (Å²) in [5, 5.41) is 13.1. The van der Waals surface area contributed by atoms with E-state index < -0.39 is 23.7 Å². The van der Waals surface area contributed by atoms with Gasteiger partial charge in [0.1, 0.15) is 16.7 Å². The van der Waals surface area contributed by atoms with E-state index in [1.54, 1.807) is 32.0 Å². The molecular formula is C23H20N2O5S2. The second kappa shape index (κ2) is 8.68. The number of hydrogen-bond acceptors (Lipinski definition) is 8. The first-order valence-electron chi connectivity index (χ1n) is 9.89. The second-order valence-electron chi connectivity index (χ2n) is 7.18. The number of amides is 1. The lowest BCUT2D eigenvalue weighted by Crippen LogP contribution is -2.29. The van der Waals surface area contributed by atoms with Crippen molar-refractivity contribution in [2.45, 2.75) is 26.8 Å². The molecule has 1 amide bonds. The van der Waals surface area contributed by atoms with Crippen LogP contribution in [0.3, 0.4) is 0 Å². The van der Waals surface area contributed by atoms with Gasteiger partial charge in [-0.05, 0) is 32.2 Å². The van der Waals surface area contributed by atoms with Crippen LogP contribution in [-0.2, 0) is 14.3 Å². The van der Waals surface area contributed by atoms with Crippen LogP contribution in [-0.4, -0.2) is 34.4 Å². The lowest BCUT2D eigenvalue weighted by Gasteiger charge is -2.21. The SMILES string of the molecule is CCOC(=O)c1sc(N2C(=O)C(=O)C(=C(O)c3ccc(C)cc3)[C@H]2c2cccs2)nc1C. The van der Waals surface area contributed by atoms with E-state index in [9.17, 15) is 19.5 Å². The van der Waals surface area contributed by atoms with Crippen LogP contribution in [0.4, 0.5) is 5.13 Å². The number of ether oxygens (including phenoxy) is 1. The third-order valence-corrected chi connectivity index (χ3v) is 7.10. The predicted molar refractivity (Wildman–Crippen MR) is 123 cm³/mol. The number of carbonyl (C=O) groups excluding carboxylic acids is 3. The van der Waals surface area contributed by atoms with Crippen LogP contribution >= 0.6 is 22.7 Å². The minimum absolute atomic E-state index is 0.00755. The number of benzene rings is 1. The Morgan fingerprint density at radius 3 is 2.53 bits per heavy atom. The minimum atomic E-state index is -0.850. The van der Waals surface area contributed by atoms with E-state index in [2.05, 4.69) is 4.98 Å². The van der Waals surface area contributed by atoms with E-state index in [0.717, 1.165) is 16.9 Å². The molecule has 32 heavy (non-hydrogen) atoms. The third-order valence-electron chi connectivity index (χ3n) is 5.03. The van der Waals surface area contributed by atoms with Crippen molar-refractivity contribution in [3.8, 4) is 0 Å². The van der Waals surface area contributed by atoms with E-state index in [4.69, 9.17) is 4.74 Å². The first-order valence-corrected chi connectivity index (χ1v) is 11.6. The van der Waals surface area contributed by atoms with Gasteiger partial charge in [-0.2, -0.15) is 0 Å². The second-order valence-corrected chi connectivity index (χ2v) is 9.14.